The van der Waals surface area contributed by atoms with Gasteiger partial charge in [0.2, 0.25) is 5.91 Å². The summed E-state index contributed by atoms with van der Waals surface area (Å²) in [5, 5.41) is 4.25. The van der Waals surface area contributed by atoms with Gasteiger partial charge in [0, 0.05) is 17.9 Å². The molecule has 0 radical (unpaired) electrons. The van der Waals surface area contributed by atoms with Crippen molar-refractivity contribution in [2.24, 2.45) is 5.10 Å². The number of rotatable bonds is 3. The van der Waals surface area contributed by atoms with Gasteiger partial charge < -0.3 is 4.74 Å². The van der Waals surface area contributed by atoms with Crippen LogP contribution in [0.2, 0.25) is 5.02 Å². The van der Waals surface area contributed by atoms with E-state index in [1.807, 2.05) is 6.07 Å². The zero-order valence-electron chi connectivity index (χ0n) is 9.48. The van der Waals surface area contributed by atoms with Crippen LogP contribution in [0.5, 0.6) is 0 Å². The van der Waals surface area contributed by atoms with Crippen LogP contribution in [-0.2, 0) is 20.9 Å². The van der Waals surface area contributed by atoms with Crippen LogP contribution < -0.4 is 5.43 Å². The summed E-state index contributed by atoms with van der Waals surface area (Å²) in [6.07, 6.45) is 0.561. The Morgan fingerprint density at radius 2 is 2.28 bits per heavy atom. The average Bonchev–Trinajstić information content (AvgIpc) is 2.37. The maximum atomic E-state index is 11.6. The maximum absolute atomic E-state index is 11.6. The van der Waals surface area contributed by atoms with E-state index < -0.39 is 5.97 Å². The van der Waals surface area contributed by atoms with Gasteiger partial charge in [-0.15, -0.1) is 0 Å². The molecule has 0 atom stereocenters. The van der Waals surface area contributed by atoms with Crippen LogP contribution in [0.15, 0.2) is 29.4 Å². The minimum atomic E-state index is -0.519. The summed E-state index contributed by atoms with van der Waals surface area (Å²) in [4.78, 5) is 22.5. The molecular weight excluding hydrogens is 256 g/mol. The first kappa shape index (κ1) is 12.6. The lowest BCUT2D eigenvalue weighted by Crippen LogP contribution is -2.30. The molecule has 1 aromatic carbocycles. The van der Waals surface area contributed by atoms with Gasteiger partial charge in [-0.3, -0.25) is 4.79 Å². The first-order valence-corrected chi connectivity index (χ1v) is 5.80. The van der Waals surface area contributed by atoms with Crippen molar-refractivity contribution < 1.29 is 14.3 Å². The standard InChI is InChI=1S/C12H11ClN2O3/c13-9-3-1-2-8(6-9)7-18-12(17)10-4-5-11(16)15-14-10/h1-3,6H,4-5,7H2,(H,15,16). The van der Waals surface area contributed by atoms with Crippen molar-refractivity contribution >= 4 is 29.2 Å². The fourth-order valence-electron chi connectivity index (χ4n) is 1.48. The lowest BCUT2D eigenvalue weighted by atomic mass is 10.2. The first-order valence-electron chi connectivity index (χ1n) is 5.42. The molecule has 1 amide bonds. The Labute approximate surface area is 109 Å². The molecule has 94 valence electrons. The highest BCUT2D eigenvalue weighted by Crippen LogP contribution is 2.12. The van der Waals surface area contributed by atoms with E-state index in [2.05, 4.69) is 10.5 Å². The quantitative estimate of drug-likeness (QED) is 0.846. The number of ether oxygens (including phenoxy) is 1. The van der Waals surface area contributed by atoms with Gasteiger partial charge in [0.05, 0.1) is 0 Å². The highest BCUT2D eigenvalue weighted by Gasteiger charge is 2.19. The molecule has 0 fully saturated rings. The van der Waals surface area contributed by atoms with Gasteiger partial charge >= 0.3 is 5.97 Å². The largest absolute Gasteiger partial charge is 0.456 e. The Balaban J connectivity index is 1.91. The second-order valence-corrected chi connectivity index (χ2v) is 4.24. The third kappa shape index (κ3) is 3.30. The Kier molecular flexibility index (Phi) is 3.94. The fourth-order valence-corrected chi connectivity index (χ4v) is 1.69. The molecule has 0 aromatic heterocycles. The Morgan fingerprint density at radius 1 is 1.44 bits per heavy atom. The number of amides is 1. The summed E-state index contributed by atoms with van der Waals surface area (Å²) >= 11 is 5.81. The van der Waals surface area contributed by atoms with E-state index >= 15 is 0 Å². The Morgan fingerprint density at radius 3 is 2.94 bits per heavy atom. The van der Waals surface area contributed by atoms with Crippen LogP contribution in [0, 0.1) is 0 Å². The lowest BCUT2D eigenvalue weighted by Gasteiger charge is -2.11. The predicted molar refractivity (Wildman–Crippen MR) is 66.1 cm³/mol. The molecule has 1 aliphatic rings. The van der Waals surface area contributed by atoms with Crippen molar-refractivity contribution in [3.63, 3.8) is 0 Å². The minimum Gasteiger partial charge on any atom is -0.456 e. The summed E-state index contributed by atoms with van der Waals surface area (Å²) in [5.41, 5.74) is 3.28. The van der Waals surface area contributed by atoms with Crippen LogP contribution in [0.4, 0.5) is 0 Å². The molecule has 0 aliphatic carbocycles. The third-order valence-corrected chi connectivity index (χ3v) is 2.63. The van der Waals surface area contributed by atoms with E-state index in [1.165, 1.54) is 0 Å². The second kappa shape index (κ2) is 5.64. The molecule has 0 saturated carbocycles. The Hall–Kier alpha value is -1.88. The van der Waals surface area contributed by atoms with Crippen LogP contribution in [-0.4, -0.2) is 17.6 Å². The fraction of sp³-hybridized carbons (Fsp3) is 0.250. The summed E-state index contributed by atoms with van der Waals surface area (Å²) < 4.78 is 5.08. The first-order chi connectivity index (χ1) is 8.65. The predicted octanol–water partition coefficient (Wildman–Crippen LogP) is 1.65. The van der Waals surface area contributed by atoms with Crippen LogP contribution in [0.1, 0.15) is 18.4 Å². The number of nitrogens with one attached hydrogen (secondary N) is 1. The van der Waals surface area contributed by atoms with Crippen molar-refractivity contribution in [1.29, 1.82) is 0 Å². The highest BCUT2D eigenvalue weighted by molar-refractivity contribution is 6.37. The van der Waals surface area contributed by atoms with Gasteiger partial charge in [-0.05, 0) is 17.7 Å². The van der Waals surface area contributed by atoms with Crippen molar-refractivity contribution in [1.82, 2.24) is 5.43 Å². The SMILES string of the molecule is O=C1CCC(C(=O)OCc2cccc(Cl)c2)=NN1. The van der Waals surface area contributed by atoms with Crippen LogP contribution in [0.25, 0.3) is 0 Å². The van der Waals surface area contributed by atoms with Gasteiger partial charge in [-0.2, -0.15) is 5.10 Å². The summed E-state index contributed by atoms with van der Waals surface area (Å²) in [6.45, 7) is 0.131. The zero-order chi connectivity index (χ0) is 13.0. The number of carbonyl (C=O) groups excluding carboxylic acids is 2. The number of hydrogen-bond donors (Lipinski definition) is 1. The molecule has 0 saturated heterocycles. The molecule has 0 bridgehead atoms. The van der Waals surface area contributed by atoms with Gasteiger partial charge in [0.25, 0.3) is 0 Å². The van der Waals surface area contributed by atoms with E-state index in [9.17, 15) is 9.59 Å². The van der Waals surface area contributed by atoms with Crippen LogP contribution in [0.3, 0.4) is 0 Å². The monoisotopic (exact) mass is 266 g/mol. The van der Waals surface area contributed by atoms with E-state index in [0.717, 1.165) is 5.56 Å². The molecule has 1 aromatic rings. The number of nitrogens with zero attached hydrogens (tertiary/aromatic N) is 1. The maximum Gasteiger partial charge on any atom is 0.354 e. The van der Waals surface area contributed by atoms with Gasteiger partial charge in [0.1, 0.15) is 12.3 Å². The molecule has 1 aliphatic heterocycles. The third-order valence-electron chi connectivity index (χ3n) is 2.40. The molecule has 5 nitrogen and oxygen atoms in total. The number of hydrogen-bond acceptors (Lipinski definition) is 4. The molecule has 6 heteroatoms. The topological polar surface area (TPSA) is 67.8 Å². The number of carbonyl (C=O) groups is 2. The van der Waals surface area contributed by atoms with E-state index in [4.69, 9.17) is 16.3 Å². The average molecular weight is 267 g/mol. The normalized spacial score (nSPS) is 14.7. The van der Waals surface area contributed by atoms with Gasteiger partial charge in [0.15, 0.2) is 0 Å². The number of esters is 1. The summed E-state index contributed by atoms with van der Waals surface area (Å²) in [5.74, 6) is -0.712. The van der Waals surface area contributed by atoms with Gasteiger partial charge in [-0.25, -0.2) is 10.2 Å². The second-order valence-electron chi connectivity index (χ2n) is 3.80. The molecule has 1 heterocycles. The smallest absolute Gasteiger partial charge is 0.354 e. The van der Waals surface area contributed by atoms with E-state index in [-0.39, 0.29) is 24.6 Å². The van der Waals surface area contributed by atoms with Crippen molar-refractivity contribution in [2.45, 2.75) is 19.4 Å². The van der Waals surface area contributed by atoms with Crippen molar-refractivity contribution in [3.05, 3.63) is 34.9 Å². The lowest BCUT2D eigenvalue weighted by molar-refractivity contribution is -0.137. The number of halogens is 1. The highest BCUT2D eigenvalue weighted by atomic mass is 35.5. The van der Waals surface area contributed by atoms with E-state index in [1.54, 1.807) is 18.2 Å². The summed E-state index contributed by atoms with van der Waals surface area (Å²) in [7, 11) is 0. The molecular formula is C12H11ClN2O3. The number of benzene rings is 1. The molecule has 18 heavy (non-hydrogen) atoms. The van der Waals surface area contributed by atoms with Crippen molar-refractivity contribution in [2.75, 3.05) is 0 Å². The minimum absolute atomic E-state index is 0.131. The van der Waals surface area contributed by atoms with Crippen molar-refractivity contribution in [3.8, 4) is 0 Å². The number of hydrazone groups is 1. The van der Waals surface area contributed by atoms with Crippen LogP contribution >= 0.6 is 11.6 Å². The molecule has 1 N–H and O–H groups in total. The molecule has 0 spiro atoms. The Bertz CT molecular complexity index is 514. The van der Waals surface area contributed by atoms with E-state index in [0.29, 0.717) is 11.4 Å². The summed E-state index contributed by atoms with van der Waals surface area (Å²) in [6, 6.07) is 7.06. The zero-order valence-corrected chi connectivity index (χ0v) is 10.2. The molecule has 2 rings (SSSR count). The molecule has 0 unspecified atom stereocenters. The van der Waals surface area contributed by atoms with Gasteiger partial charge in [-0.1, -0.05) is 23.7 Å².